The maximum absolute atomic E-state index is 6.04. The number of hydrogen-bond acceptors (Lipinski definition) is 3. The van der Waals surface area contributed by atoms with Crippen molar-refractivity contribution in [2.24, 2.45) is 17.2 Å². The summed E-state index contributed by atoms with van der Waals surface area (Å²) in [5, 5.41) is 4.07. The fourth-order valence-corrected chi connectivity index (χ4v) is 9.90. The van der Waals surface area contributed by atoms with E-state index >= 15 is 0 Å². The second kappa shape index (κ2) is 8.94. The van der Waals surface area contributed by atoms with Crippen LogP contribution >= 0.6 is 0 Å². The smallest absolute Gasteiger partial charge is 0.158 e. The minimum atomic E-state index is -2.47. The molecule has 0 amide bonds. The van der Waals surface area contributed by atoms with Crippen LogP contribution in [-0.4, -0.2) is 8.07 Å². The molecule has 4 rings (SSSR count). The van der Waals surface area contributed by atoms with Crippen LogP contribution in [0.3, 0.4) is 0 Å². The molecule has 0 bridgehead atoms. The number of rotatable bonds is 7. The van der Waals surface area contributed by atoms with Gasteiger partial charge in [-0.2, -0.15) is 0 Å². The van der Waals surface area contributed by atoms with E-state index < -0.39 is 8.07 Å². The van der Waals surface area contributed by atoms with Crippen LogP contribution in [-0.2, 0) is 19.6 Å². The van der Waals surface area contributed by atoms with Crippen LogP contribution in [0.4, 0.5) is 0 Å². The van der Waals surface area contributed by atoms with Crippen molar-refractivity contribution in [2.45, 2.75) is 25.2 Å². The van der Waals surface area contributed by atoms with Crippen molar-refractivity contribution in [3.8, 4) is 0 Å². The maximum Gasteiger partial charge on any atom is 0.158 e. The number of benzene rings is 3. The van der Waals surface area contributed by atoms with Gasteiger partial charge in [0.2, 0.25) is 0 Å². The average Bonchev–Trinajstić information content (AvgIpc) is 3.35. The topological polar surface area (TPSA) is 78.1 Å². The Balaban J connectivity index is 2.09. The summed E-state index contributed by atoms with van der Waals surface area (Å²) in [5.74, 6) is 0. The summed E-state index contributed by atoms with van der Waals surface area (Å²) >= 11 is 0. The van der Waals surface area contributed by atoms with Gasteiger partial charge < -0.3 is 17.2 Å². The molecule has 4 heteroatoms. The Morgan fingerprint density at radius 3 is 1.27 bits per heavy atom. The van der Waals surface area contributed by atoms with Crippen LogP contribution in [0.2, 0.25) is 5.54 Å². The van der Waals surface area contributed by atoms with Gasteiger partial charge in [-0.3, -0.25) is 0 Å². The van der Waals surface area contributed by atoms with Crippen molar-refractivity contribution >= 4 is 23.6 Å². The molecular weight excluding hydrogens is 382 g/mol. The normalized spacial score (nSPS) is 13.8. The Labute approximate surface area is 179 Å². The van der Waals surface area contributed by atoms with E-state index in [1.165, 1.54) is 15.6 Å². The standard InChI is InChI=1S/C26H29N3Si/c27-17-20-6-3-11-24(14-20)30(23-9-1-2-10-23,25-12-4-7-21(15-25)18-28)26-13-5-8-22(16-26)19-29/h1-16,23H,17-19,27-29H2. The van der Waals surface area contributed by atoms with Crippen molar-refractivity contribution in [3.05, 3.63) is 114 Å². The first-order valence-electron chi connectivity index (χ1n) is 10.5. The van der Waals surface area contributed by atoms with Crippen molar-refractivity contribution in [3.63, 3.8) is 0 Å². The molecule has 0 saturated carbocycles. The molecule has 1 aliphatic rings. The Bertz CT molecular complexity index is 959. The molecule has 6 N–H and O–H groups in total. The lowest BCUT2D eigenvalue weighted by molar-refractivity contribution is 1.07. The van der Waals surface area contributed by atoms with Crippen LogP contribution in [0.25, 0.3) is 0 Å². The molecule has 3 nitrogen and oxygen atoms in total. The lowest BCUT2D eigenvalue weighted by atomic mass is 10.2. The van der Waals surface area contributed by atoms with Gasteiger partial charge in [0.15, 0.2) is 8.07 Å². The van der Waals surface area contributed by atoms with Crippen LogP contribution < -0.4 is 32.8 Å². The molecule has 3 aromatic rings. The summed E-state index contributed by atoms with van der Waals surface area (Å²) < 4.78 is 0. The Hall–Kier alpha value is -2.76. The predicted octanol–water partition coefficient (Wildman–Crippen LogP) is 2.03. The molecule has 152 valence electrons. The summed E-state index contributed by atoms with van der Waals surface area (Å²) in [6, 6.07) is 26.5. The predicted molar refractivity (Wildman–Crippen MR) is 130 cm³/mol. The van der Waals surface area contributed by atoms with Gasteiger partial charge in [0.1, 0.15) is 0 Å². The highest BCUT2D eigenvalue weighted by Gasteiger charge is 2.45. The molecule has 3 aromatic carbocycles. The first-order valence-corrected chi connectivity index (χ1v) is 12.5. The van der Waals surface area contributed by atoms with Crippen LogP contribution in [0, 0.1) is 0 Å². The van der Waals surface area contributed by atoms with E-state index in [2.05, 4.69) is 97.1 Å². The first kappa shape index (κ1) is 20.5. The summed E-state index contributed by atoms with van der Waals surface area (Å²) in [5.41, 5.74) is 21.9. The fourth-order valence-electron chi connectivity index (χ4n) is 4.63. The van der Waals surface area contributed by atoms with E-state index in [1.807, 2.05) is 0 Å². The molecule has 30 heavy (non-hydrogen) atoms. The molecule has 0 aromatic heterocycles. The van der Waals surface area contributed by atoms with Crippen molar-refractivity contribution in [1.29, 1.82) is 0 Å². The summed E-state index contributed by atoms with van der Waals surface area (Å²) in [6.45, 7) is 1.58. The Morgan fingerprint density at radius 1 is 0.567 bits per heavy atom. The van der Waals surface area contributed by atoms with E-state index in [1.54, 1.807) is 0 Å². The minimum absolute atomic E-state index is 0.298. The van der Waals surface area contributed by atoms with Crippen molar-refractivity contribution < 1.29 is 0 Å². The third-order valence-corrected chi connectivity index (χ3v) is 11.2. The highest BCUT2D eigenvalue weighted by Crippen LogP contribution is 2.29. The van der Waals surface area contributed by atoms with Gasteiger partial charge >= 0.3 is 0 Å². The number of allylic oxidation sites excluding steroid dienone is 4. The molecule has 0 atom stereocenters. The zero-order valence-corrected chi connectivity index (χ0v) is 18.2. The van der Waals surface area contributed by atoms with E-state index in [4.69, 9.17) is 17.2 Å². The van der Waals surface area contributed by atoms with E-state index in [0.29, 0.717) is 25.2 Å². The van der Waals surface area contributed by atoms with Gasteiger partial charge in [-0.15, -0.1) is 0 Å². The lowest BCUT2D eigenvalue weighted by Crippen LogP contribution is -2.69. The lowest BCUT2D eigenvalue weighted by Gasteiger charge is -2.38. The van der Waals surface area contributed by atoms with E-state index in [0.717, 1.165) is 16.7 Å². The fraction of sp³-hybridized carbons (Fsp3) is 0.154. The van der Waals surface area contributed by atoms with Crippen LogP contribution in [0.15, 0.2) is 97.1 Å². The van der Waals surface area contributed by atoms with Gasteiger partial charge in [-0.1, -0.05) is 97.1 Å². The zero-order chi connectivity index (χ0) is 21.0. The largest absolute Gasteiger partial charge is 0.326 e. The van der Waals surface area contributed by atoms with Crippen molar-refractivity contribution in [2.75, 3.05) is 0 Å². The molecule has 0 radical (unpaired) electrons. The molecule has 0 heterocycles. The first-order chi connectivity index (χ1) is 14.7. The molecule has 0 unspecified atom stereocenters. The molecule has 0 saturated heterocycles. The molecule has 0 spiro atoms. The molecule has 0 aliphatic heterocycles. The van der Waals surface area contributed by atoms with Gasteiger partial charge in [-0.25, -0.2) is 0 Å². The zero-order valence-electron chi connectivity index (χ0n) is 17.2. The van der Waals surface area contributed by atoms with Gasteiger partial charge in [0, 0.05) is 25.2 Å². The third kappa shape index (κ3) is 3.59. The Kier molecular flexibility index (Phi) is 6.11. The van der Waals surface area contributed by atoms with E-state index in [-0.39, 0.29) is 0 Å². The van der Waals surface area contributed by atoms with Gasteiger partial charge in [0.25, 0.3) is 0 Å². The molecular formula is C26H29N3Si. The number of nitrogens with two attached hydrogens (primary N) is 3. The second-order valence-electron chi connectivity index (χ2n) is 7.82. The third-order valence-electron chi connectivity index (χ3n) is 6.10. The SMILES string of the molecule is NCc1cccc([Si](c2cccc(CN)c2)(c2cccc(CN)c2)C2C=CC=C2)c1. The van der Waals surface area contributed by atoms with Crippen LogP contribution in [0.5, 0.6) is 0 Å². The highest BCUT2D eigenvalue weighted by molar-refractivity contribution is 7.13. The summed E-state index contributed by atoms with van der Waals surface area (Å²) in [7, 11) is -2.47. The highest BCUT2D eigenvalue weighted by atomic mass is 28.3. The molecule has 1 aliphatic carbocycles. The number of hydrogen-bond donors (Lipinski definition) is 3. The maximum atomic E-state index is 6.04. The monoisotopic (exact) mass is 411 g/mol. The molecule has 0 fully saturated rings. The van der Waals surface area contributed by atoms with Gasteiger partial charge in [-0.05, 0) is 32.3 Å². The second-order valence-corrected chi connectivity index (χ2v) is 11.8. The van der Waals surface area contributed by atoms with Crippen molar-refractivity contribution in [1.82, 2.24) is 0 Å². The average molecular weight is 412 g/mol. The summed E-state index contributed by atoms with van der Waals surface area (Å²) in [6.07, 6.45) is 9.01. The quantitative estimate of drug-likeness (QED) is 0.411. The van der Waals surface area contributed by atoms with Gasteiger partial charge in [0.05, 0.1) is 0 Å². The minimum Gasteiger partial charge on any atom is -0.326 e. The summed E-state index contributed by atoms with van der Waals surface area (Å²) in [4.78, 5) is 0. The Morgan fingerprint density at radius 2 is 0.933 bits per heavy atom. The van der Waals surface area contributed by atoms with E-state index in [9.17, 15) is 0 Å². The van der Waals surface area contributed by atoms with Crippen LogP contribution in [0.1, 0.15) is 16.7 Å².